The number of piperidine rings is 2. The van der Waals surface area contributed by atoms with Crippen LogP contribution < -0.4 is 5.32 Å². The summed E-state index contributed by atoms with van der Waals surface area (Å²) >= 11 is 0. The highest BCUT2D eigenvalue weighted by atomic mass is 15.1. The Kier molecular flexibility index (Phi) is 3.81. The van der Waals surface area contributed by atoms with Gasteiger partial charge >= 0.3 is 0 Å². The molecule has 15 heavy (non-hydrogen) atoms. The SMILES string of the molecule is C/C=C\CN1CCC2(CCNCC2)CC1. The predicted octanol–water partition coefficient (Wildman–Crippen LogP) is 2.03. The van der Waals surface area contributed by atoms with Gasteiger partial charge < -0.3 is 5.32 Å². The van der Waals surface area contributed by atoms with Crippen LogP contribution in [0.25, 0.3) is 0 Å². The molecule has 0 aromatic heterocycles. The van der Waals surface area contributed by atoms with E-state index in [1.807, 2.05) is 0 Å². The van der Waals surface area contributed by atoms with Gasteiger partial charge in [0, 0.05) is 6.54 Å². The first-order valence-corrected chi connectivity index (χ1v) is 6.39. The molecule has 0 saturated carbocycles. The van der Waals surface area contributed by atoms with Crippen LogP contribution in [0.5, 0.6) is 0 Å². The third-order valence-electron chi connectivity index (χ3n) is 4.18. The molecule has 86 valence electrons. The number of nitrogens with one attached hydrogen (secondary N) is 1. The summed E-state index contributed by atoms with van der Waals surface area (Å²) in [6.07, 6.45) is 10.1. The highest BCUT2D eigenvalue weighted by Crippen LogP contribution is 2.39. The van der Waals surface area contributed by atoms with Crippen LogP contribution in [0.4, 0.5) is 0 Å². The van der Waals surface area contributed by atoms with Crippen molar-refractivity contribution >= 4 is 0 Å². The lowest BCUT2D eigenvalue weighted by Gasteiger charge is -2.44. The second kappa shape index (κ2) is 5.13. The number of hydrogen-bond donors (Lipinski definition) is 1. The van der Waals surface area contributed by atoms with Crippen molar-refractivity contribution in [3.8, 4) is 0 Å². The van der Waals surface area contributed by atoms with Crippen molar-refractivity contribution in [2.75, 3.05) is 32.7 Å². The summed E-state index contributed by atoms with van der Waals surface area (Å²) in [6.45, 7) is 8.38. The Morgan fingerprint density at radius 2 is 1.80 bits per heavy atom. The maximum absolute atomic E-state index is 3.48. The molecule has 0 aromatic carbocycles. The lowest BCUT2D eigenvalue weighted by Crippen LogP contribution is -2.45. The molecule has 2 nitrogen and oxygen atoms in total. The molecule has 2 fully saturated rings. The maximum atomic E-state index is 3.48. The molecule has 1 N–H and O–H groups in total. The van der Waals surface area contributed by atoms with Crippen molar-refractivity contribution in [1.29, 1.82) is 0 Å². The van der Waals surface area contributed by atoms with Gasteiger partial charge in [-0.1, -0.05) is 12.2 Å². The normalized spacial score (nSPS) is 27.5. The molecule has 2 heteroatoms. The van der Waals surface area contributed by atoms with Crippen LogP contribution in [0.15, 0.2) is 12.2 Å². The van der Waals surface area contributed by atoms with E-state index in [9.17, 15) is 0 Å². The van der Waals surface area contributed by atoms with Crippen molar-refractivity contribution in [2.45, 2.75) is 32.6 Å². The Bertz CT molecular complexity index is 207. The highest BCUT2D eigenvalue weighted by Gasteiger charge is 2.34. The lowest BCUT2D eigenvalue weighted by atomic mass is 9.71. The first-order valence-electron chi connectivity index (χ1n) is 6.39. The zero-order valence-electron chi connectivity index (χ0n) is 9.97. The highest BCUT2D eigenvalue weighted by molar-refractivity contribution is 4.91. The monoisotopic (exact) mass is 208 g/mol. The average Bonchev–Trinajstić information content (AvgIpc) is 2.30. The van der Waals surface area contributed by atoms with E-state index in [1.54, 1.807) is 0 Å². The number of hydrogen-bond acceptors (Lipinski definition) is 2. The van der Waals surface area contributed by atoms with E-state index < -0.39 is 0 Å². The minimum Gasteiger partial charge on any atom is -0.317 e. The van der Waals surface area contributed by atoms with Crippen molar-refractivity contribution < 1.29 is 0 Å². The van der Waals surface area contributed by atoms with Crippen LogP contribution >= 0.6 is 0 Å². The van der Waals surface area contributed by atoms with Gasteiger partial charge in [0.15, 0.2) is 0 Å². The molecule has 0 bridgehead atoms. The zero-order valence-corrected chi connectivity index (χ0v) is 9.97. The third kappa shape index (κ3) is 2.82. The Morgan fingerprint density at radius 3 is 2.40 bits per heavy atom. The molecular weight excluding hydrogens is 184 g/mol. The van der Waals surface area contributed by atoms with Crippen LogP contribution in [-0.2, 0) is 0 Å². The maximum Gasteiger partial charge on any atom is 0.0163 e. The Hall–Kier alpha value is -0.340. The average molecular weight is 208 g/mol. The van der Waals surface area contributed by atoms with Gasteiger partial charge in [-0.05, 0) is 64.2 Å². The molecule has 1 spiro atoms. The van der Waals surface area contributed by atoms with E-state index in [0.717, 1.165) is 6.54 Å². The summed E-state index contributed by atoms with van der Waals surface area (Å²) < 4.78 is 0. The number of rotatable bonds is 2. The first kappa shape index (κ1) is 11.2. The number of nitrogens with zero attached hydrogens (tertiary/aromatic N) is 1. The van der Waals surface area contributed by atoms with Crippen LogP contribution in [0.1, 0.15) is 32.6 Å². The summed E-state index contributed by atoms with van der Waals surface area (Å²) in [5, 5.41) is 3.48. The van der Waals surface area contributed by atoms with Gasteiger partial charge in [0.2, 0.25) is 0 Å². The van der Waals surface area contributed by atoms with Crippen molar-refractivity contribution in [3.05, 3.63) is 12.2 Å². The Morgan fingerprint density at radius 1 is 1.13 bits per heavy atom. The summed E-state index contributed by atoms with van der Waals surface area (Å²) in [5.74, 6) is 0. The van der Waals surface area contributed by atoms with E-state index >= 15 is 0 Å². The number of likely N-dealkylation sites (tertiary alicyclic amines) is 1. The van der Waals surface area contributed by atoms with Crippen molar-refractivity contribution in [1.82, 2.24) is 10.2 Å². The largest absolute Gasteiger partial charge is 0.317 e. The lowest BCUT2D eigenvalue weighted by molar-refractivity contribution is 0.0802. The predicted molar refractivity (Wildman–Crippen MR) is 65.0 cm³/mol. The second-order valence-corrected chi connectivity index (χ2v) is 5.12. The van der Waals surface area contributed by atoms with Gasteiger partial charge in [-0.3, -0.25) is 4.90 Å². The molecule has 2 saturated heterocycles. The smallest absolute Gasteiger partial charge is 0.0163 e. The molecule has 2 aliphatic heterocycles. The van der Waals surface area contributed by atoms with Gasteiger partial charge in [-0.25, -0.2) is 0 Å². The summed E-state index contributed by atoms with van der Waals surface area (Å²) in [5.41, 5.74) is 0.706. The fourth-order valence-corrected chi connectivity index (χ4v) is 2.92. The third-order valence-corrected chi connectivity index (χ3v) is 4.18. The molecule has 2 rings (SSSR count). The van der Waals surface area contributed by atoms with Crippen LogP contribution in [-0.4, -0.2) is 37.6 Å². The second-order valence-electron chi connectivity index (χ2n) is 5.12. The standard InChI is InChI=1S/C13H24N2/c1-2-3-10-15-11-6-13(7-12-15)4-8-14-9-5-13/h2-3,14H,4-12H2,1H3/b3-2-. The fourth-order valence-electron chi connectivity index (χ4n) is 2.92. The number of allylic oxidation sites excluding steroid dienone is 1. The molecule has 0 aromatic rings. The van der Waals surface area contributed by atoms with Crippen LogP contribution in [0.3, 0.4) is 0 Å². The quantitative estimate of drug-likeness (QED) is 0.699. The topological polar surface area (TPSA) is 15.3 Å². The minimum absolute atomic E-state index is 0.706. The molecule has 0 atom stereocenters. The van der Waals surface area contributed by atoms with Gasteiger partial charge in [-0.2, -0.15) is 0 Å². The molecule has 0 radical (unpaired) electrons. The molecular formula is C13H24N2. The van der Waals surface area contributed by atoms with Gasteiger partial charge in [0.05, 0.1) is 0 Å². The Balaban J connectivity index is 1.80. The molecule has 2 aliphatic rings. The summed E-state index contributed by atoms with van der Waals surface area (Å²) in [6, 6.07) is 0. The molecule has 0 aliphatic carbocycles. The van der Waals surface area contributed by atoms with Crippen molar-refractivity contribution in [2.24, 2.45) is 5.41 Å². The van der Waals surface area contributed by atoms with Gasteiger partial charge in [0.25, 0.3) is 0 Å². The Labute approximate surface area is 93.7 Å². The van der Waals surface area contributed by atoms with E-state index in [0.29, 0.717) is 5.41 Å². The zero-order chi connectivity index (χ0) is 10.6. The van der Waals surface area contributed by atoms with Gasteiger partial charge in [-0.15, -0.1) is 0 Å². The van der Waals surface area contributed by atoms with E-state index in [2.05, 4.69) is 29.3 Å². The van der Waals surface area contributed by atoms with Crippen molar-refractivity contribution in [3.63, 3.8) is 0 Å². The van der Waals surface area contributed by atoms with Crippen LogP contribution in [0, 0.1) is 5.41 Å². The van der Waals surface area contributed by atoms with Crippen LogP contribution in [0.2, 0.25) is 0 Å². The van der Waals surface area contributed by atoms with E-state index in [-0.39, 0.29) is 0 Å². The summed E-state index contributed by atoms with van der Waals surface area (Å²) in [7, 11) is 0. The minimum atomic E-state index is 0.706. The fraction of sp³-hybridized carbons (Fsp3) is 0.846. The summed E-state index contributed by atoms with van der Waals surface area (Å²) in [4.78, 5) is 2.59. The molecule has 0 amide bonds. The molecule has 2 heterocycles. The first-order chi connectivity index (χ1) is 7.35. The van der Waals surface area contributed by atoms with E-state index in [1.165, 1.54) is 51.9 Å². The molecule has 0 unspecified atom stereocenters. The van der Waals surface area contributed by atoms with Gasteiger partial charge in [0.1, 0.15) is 0 Å². The van der Waals surface area contributed by atoms with E-state index in [4.69, 9.17) is 0 Å².